The highest BCUT2D eigenvalue weighted by Crippen LogP contribution is 2.33. The molecule has 4 rings (SSSR count). The van der Waals surface area contributed by atoms with Gasteiger partial charge in [0.15, 0.2) is 11.5 Å². The van der Waals surface area contributed by atoms with E-state index in [-0.39, 0.29) is 18.9 Å². The van der Waals surface area contributed by atoms with Crippen molar-refractivity contribution in [2.45, 2.75) is 32.4 Å². The summed E-state index contributed by atoms with van der Waals surface area (Å²) in [5, 5.41) is 3.19. The zero-order valence-corrected chi connectivity index (χ0v) is 14.3. The van der Waals surface area contributed by atoms with Gasteiger partial charge in [-0.25, -0.2) is 4.79 Å². The maximum Gasteiger partial charge on any atom is 0.318 e. The Labute approximate surface area is 147 Å². The molecule has 2 aromatic carbocycles. The van der Waals surface area contributed by atoms with E-state index in [1.165, 1.54) is 11.1 Å². The van der Waals surface area contributed by atoms with Gasteiger partial charge in [-0.05, 0) is 48.6 Å². The van der Waals surface area contributed by atoms with Crippen molar-refractivity contribution in [1.82, 2.24) is 10.2 Å². The molecule has 0 aromatic heterocycles. The summed E-state index contributed by atoms with van der Waals surface area (Å²) in [7, 11) is 0. The lowest BCUT2D eigenvalue weighted by Gasteiger charge is -2.24. The van der Waals surface area contributed by atoms with Crippen LogP contribution in [0.2, 0.25) is 0 Å². The maximum absolute atomic E-state index is 12.7. The van der Waals surface area contributed by atoms with E-state index in [0.717, 1.165) is 29.9 Å². The van der Waals surface area contributed by atoms with Crippen LogP contribution in [-0.4, -0.2) is 24.3 Å². The minimum Gasteiger partial charge on any atom is -0.454 e. The van der Waals surface area contributed by atoms with Crippen molar-refractivity contribution >= 4 is 6.03 Å². The highest BCUT2D eigenvalue weighted by molar-refractivity contribution is 5.75. The molecule has 1 N–H and O–H groups in total. The summed E-state index contributed by atoms with van der Waals surface area (Å²) >= 11 is 0. The van der Waals surface area contributed by atoms with Crippen molar-refractivity contribution in [2.24, 2.45) is 0 Å². The molecule has 1 aliphatic carbocycles. The summed E-state index contributed by atoms with van der Waals surface area (Å²) in [5.41, 5.74) is 3.62. The Morgan fingerprint density at radius 2 is 2.04 bits per heavy atom. The number of aryl methyl sites for hydroxylation is 1. The van der Waals surface area contributed by atoms with Crippen molar-refractivity contribution in [2.75, 3.05) is 13.3 Å². The normalized spacial score (nSPS) is 17.2. The van der Waals surface area contributed by atoms with Crippen LogP contribution >= 0.6 is 0 Å². The quantitative estimate of drug-likeness (QED) is 0.926. The number of nitrogens with zero attached hydrogens (tertiary/aromatic N) is 1. The molecular weight excluding hydrogens is 316 g/mol. The van der Waals surface area contributed by atoms with Gasteiger partial charge >= 0.3 is 6.03 Å². The van der Waals surface area contributed by atoms with Gasteiger partial charge in [-0.1, -0.05) is 30.3 Å². The lowest BCUT2D eigenvalue weighted by atomic mass is 10.1. The Balaban J connectivity index is 1.43. The molecule has 0 fully saturated rings. The maximum atomic E-state index is 12.7. The molecule has 0 spiro atoms. The number of hydrogen-bond acceptors (Lipinski definition) is 3. The molecule has 25 heavy (non-hydrogen) atoms. The molecule has 2 aliphatic rings. The van der Waals surface area contributed by atoms with E-state index in [2.05, 4.69) is 23.5 Å². The van der Waals surface area contributed by atoms with Gasteiger partial charge in [-0.2, -0.15) is 0 Å². The van der Waals surface area contributed by atoms with Crippen molar-refractivity contribution in [1.29, 1.82) is 0 Å². The van der Waals surface area contributed by atoms with Gasteiger partial charge in [0.2, 0.25) is 6.79 Å². The lowest BCUT2D eigenvalue weighted by molar-refractivity contribution is 0.173. The second-order valence-corrected chi connectivity index (χ2v) is 6.44. The van der Waals surface area contributed by atoms with Crippen LogP contribution in [-0.2, 0) is 13.0 Å². The molecule has 0 bridgehead atoms. The molecule has 1 unspecified atom stereocenters. The van der Waals surface area contributed by atoms with Crippen molar-refractivity contribution in [3.63, 3.8) is 0 Å². The molecule has 0 radical (unpaired) electrons. The third-order valence-electron chi connectivity index (χ3n) is 4.91. The molecule has 130 valence electrons. The number of ether oxygens (including phenoxy) is 2. The average Bonchev–Trinajstić information content (AvgIpc) is 3.26. The molecular formula is C20H22N2O3. The number of nitrogens with one attached hydrogen (secondary N) is 1. The van der Waals surface area contributed by atoms with Crippen LogP contribution in [0.3, 0.4) is 0 Å². The molecule has 1 atom stereocenters. The van der Waals surface area contributed by atoms with E-state index in [1.54, 1.807) is 0 Å². The van der Waals surface area contributed by atoms with Gasteiger partial charge in [0.1, 0.15) is 0 Å². The molecule has 1 heterocycles. The van der Waals surface area contributed by atoms with Crippen LogP contribution in [0.1, 0.15) is 36.1 Å². The van der Waals surface area contributed by atoms with Crippen LogP contribution in [0.4, 0.5) is 4.79 Å². The minimum absolute atomic E-state index is 0.0260. The SMILES string of the molecule is CCN(Cc1ccc2c(c1)OCO2)C(=O)NC1CCc2ccccc21. The van der Waals surface area contributed by atoms with E-state index >= 15 is 0 Å². The topological polar surface area (TPSA) is 50.8 Å². The Morgan fingerprint density at radius 3 is 2.92 bits per heavy atom. The lowest BCUT2D eigenvalue weighted by Crippen LogP contribution is -2.40. The molecule has 5 heteroatoms. The van der Waals surface area contributed by atoms with Gasteiger partial charge < -0.3 is 19.7 Å². The second kappa shape index (κ2) is 6.67. The molecule has 2 aromatic rings. The zero-order chi connectivity index (χ0) is 17.2. The van der Waals surface area contributed by atoms with E-state index in [9.17, 15) is 4.79 Å². The summed E-state index contributed by atoms with van der Waals surface area (Å²) in [6, 6.07) is 14.3. The molecule has 0 saturated carbocycles. The monoisotopic (exact) mass is 338 g/mol. The van der Waals surface area contributed by atoms with Crippen LogP contribution in [0.25, 0.3) is 0 Å². The van der Waals surface area contributed by atoms with Gasteiger partial charge in [0.05, 0.1) is 6.04 Å². The molecule has 5 nitrogen and oxygen atoms in total. The number of benzene rings is 2. The predicted molar refractivity (Wildman–Crippen MR) is 94.7 cm³/mol. The highest BCUT2D eigenvalue weighted by atomic mass is 16.7. The first-order valence-corrected chi connectivity index (χ1v) is 8.76. The highest BCUT2D eigenvalue weighted by Gasteiger charge is 2.25. The number of carbonyl (C=O) groups excluding carboxylic acids is 1. The van der Waals surface area contributed by atoms with E-state index in [4.69, 9.17) is 9.47 Å². The summed E-state index contributed by atoms with van der Waals surface area (Å²) in [6.07, 6.45) is 1.99. The van der Waals surface area contributed by atoms with Crippen LogP contribution < -0.4 is 14.8 Å². The minimum atomic E-state index is -0.0260. The largest absolute Gasteiger partial charge is 0.454 e. The molecule has 2 amide bonds. The van der Waals surface area contributed by atoms with Gasteiger partial charge in [-0.3, -0.25) is 0 Å². The third-order valence-corrected chi connectivity index (χ3v) is 4.91. The molecule has 1 aliphatic heterocycles. The van der Waals surface area contributed by atoms with Crippen molar-refractivity contribution < 1.29 is 14.3 Å². The number of carbonyl (C=O) groups is 1. The Kier molecular flexibility index (Phi) is 4.22. The number of hydrogen-bond donors (Lipinski definition) is 1. The number of rotatable bonds is 4. The van der Waals surface area contributed by atoms with Crippen LogP contribution in [0.5, 0.6) is 11.5 Å². The zero-order valence-electron chi connectivity index (χ0n) is 14.3. The number of urea groups is 1. The Bertz CT molecular complexity index is 790. The fraction of sp³-hybridized carbons (Fsp3) is 0.350. The number of fused-ring (bicyclic) bond motifs is 2. The summed E-state index contributed by atoms with van der Waals surface area (Å²) in [6.45, 7) is 3.45. The fourth-order valence-corrected chi connectivity index (χ4v) is 3.53. The smallest absolute Gasteiger partial charge is 0.318 e. The predicted octanol–water partition coefficient (Wildman–Crippen LogP) is 3.63. The number of amides is 2. The molecule has 0 saturated heterocycles. The summed E-state index contributed by atoms with van der Waals surface area (Å²) in [5.74, 6) is 1.51. The van der Waals surface area contributed by atoms with Crippen molar-refractivity contribution in [3.05, 3.63) is 59.2 Å². The first-order chi connectivity index (χ1) is 12.2. The summed E-state index contributed by atoms with van der Waals surface area (Å²) in [4.78, 5) is 14.6. The second-order valence-electron chi connectivity index (χ2n) is 6.44. The first kappa shape index (κ1) is 15.8. The third kappa shape index (κ3) is 3.14. The van der Waals surface area contributed by atoms with E-state index < -0.39 is 0 Å². The van der Waals surface area contributed by atoms with Crippen molar-refractivity contribution in [3.8, 4) is 11.5 Å². The standard InChI is InChI=1S/C20H22N2O3/c1-2-22(12-14-7-10-18-19(11-14)25-13-24-18)20(23)21-17-9-8-15-5-3-4-6-16(15)17/h3-7,10-11,17H,2,8-9,12-13H2,1H3,(H,21,23). The summed E-state index contributed by atoms with van der Waals surface area (Å²) < 4.78 is 10.8. The van der Waals surface area contributed by atoms with E-state index in [0.29, 0.717) is 13.1 Å². The average molecular weight is 338 g/mol. The van der Waals surface area contributed by atoms with Gasteiger partial charge in [0, 0.05) is 13.1 Å². The Morgan fingerprint density at radius 1 is 1.20 bits per heavy atom. The van der Waals surface area contributed by atoms with Gasteiger partial charge in [-0.15, -0.1) is 0 Å². The van der Waals surface area contributed by atoms with Gasteiger partial charge in [0.25, 0.3) is 0 Å². The Hall–Kier alpha value is -2.69. The van der Waals surface area contributed by atoms with Crippen LogP contribution in [0.15, 0.2) is 42.5 Å². The first-order valence-electron chi connectivity index (χ1n) is 8.76. The fourth-order valence-electron chi connectivity index (χ4n) is 3.53. The van der Waals surface area contributed by atoms with Crippen LogP contribution in [0, 0.1) is 0 Å². The van der Waals surface area contributed by atoms with E-state index in [1.807, 2.05) is 36.1 Å².